The van der Waals surface area contributed by atoms with Gasteiger partial charge in [-0.15, -0.1) is 0 Å². The van der Waals surface area contributed by atoms with Gasteiger partial charge in [-0.2, -0.15) is 5.10 Å². The summed E-state index contributed by atoms with van der Waals surface area (Å²) in [5.41, 5.74) is 3.02. The number of pyridine rings is 1. The molecule has 27 heavy (non-hydrogen) atoms. The maximum atomic E-state index is 12.7. The Labute approximate surface area is 161 Å². The molecule has 1 amide bonds. The van der Waals surface area contributed by atoms with Crippen LogP contribution in [-0.2, 0) is 0 Å². The van der Waals surface area contributed by atoms with E-state index in [0.717, 1.165) is 29.7 Å². The summed E-state index contributed by atoms with van der Waals surface area (Å²) in [5.74, 6) is 0.0227. The summed E-state index contributed by atoms with van der Waals surface area (Å²) in [6, 6.07) is 11.6. The lowest BCUT2D eigenvalue weighted by atomic mass is 9.89. The molecule has 3 heterocycles. The summed E-state index contributed by atoms with van der Waals surface area (Å²) >= 11 is 5.91. The highest BCUT2D eigenvalue weighted by Gasteiger charge is 2.28. The molecule has 2 aromatic heterocycles. The predicted molar refractivity (Wildman–Crippen MR) is 104 cm³/mol. The van der Waals surface area contributed by atoms with E-state index in [1.54, 1.807) is 4.90 Å². The van der Waals surface area contributed by atoms with Crippen LogP contribution >= 0.6 is 11.6 Å². The van der Waals surface area contributed by atoms with Crippen LogP contribution in [0.2, 0.25) is 5.02 Å². The first-order chi connectivity index (χ1) is 13.1. The minimum absolute atomic E-state index is 0.0902. The standard InChI is InChI=1S/C20H19ClN4O2/c21-15-10-16(19(26)22-11-15)20(27)25-8-6-14(7-9-25)18-17(12-23-24-18)13-4-2-1-3-5-13/h1-5,10-12,14H,6-9H2,(H,22,26)(H,23,24). The van der Waals surface area contributed by atoms with Crippen LogP contribution in [0.4, 0.5) is 0 Å². The zero-order chi connectivity index (χ0) is 18.8. The molecule has 0 spiro atoms. The topological polar surface area (TPSA) is 81.9 Å². The first-order valence-corrected chi connectivity index (χ1v) is 9.27. The van der Waals surface area contributed by atoms with Crippen LogP contribution in [-0.4, -0.2) is 39.1 Å². The number of aromatic nitrogens is 3. The monoisotopic (exact) mass is 382 g/mol. The lowest BCUT2D eigenvalue weighted by Gasteiger charge is -2.32. The Balaban J connectivity index is 1.49. The van der Waals surface area contributed by atoms with Gasteiger partial charge in [-0.1, -0.05) is 41.9 Å². The van der Waals surface area contributed by atoms with Gasteiger partial charge < -0.3 is 9.88 Å². The summed E-state index contributed by atoms with van der Waals surface area (Å²) in [6.45, 7) is 1.17. The number of nitrogens with one attached hydrogen (secondary N) is 2. The Kier molecular flexibility index (Phi) is 4.81. The van der Waals surface area contributed by atoms with Crippen molar-refractivity contribution >= 4 is 17.5 Å². The number of benzene rings is 1. The highest BCUT2D eigenvalue weighted by molar-refractivity contribution is 6.30. The van der Waals surface area contributed by atoms with E-state index in [2.05, 4.69) is 27.3 Å². The number of halogens is 1. The Morgan fingerprint density at radius 2 is 1.93 bits per heavy atom. The normalized spacial score (nSPS) is 15.1. The van der Waals surface area contributed by atoms with Crippen LogP contribution in [0.1, 0.15) is 34.8 Å². The molecule has 0 radical (unpaired) electrons. The minimum atomic E-state index is -0.411. The van der Waals surface area contributed by atoms with E-state index in [0.29, 0.717) is 24.0 Å². The third kappa shape index (κ3) is 3.53. The molecule has 6 nitrogen and oxygen atoms in total. The van der Waals surface area contributed by atoms with Gasteiger partial charge in [0, 0.05) is 36.5 Å². The number of H-pyrrole nitrogens is 2. The number of carbonyl (C=O) groups excluding carboxylic acids is 1. The van der Waals surface area contributed by atoms with Gasteiger partial charge in [0.15, 0.2) is 0 Å². The molecule has 1 fully saturated rings. The van der Waals surface area contributed by atoms with E-state index >= 15 is 0 Å². The average molecular weight is 383 g/mol. The zero-order valence-corrected chi connectivity index (χ0v) is 15.4. The van der Waals surface area contributed by atoms with Crippen LogP contribution in [0.5, 0.6) is 0 Å². The Hall–Kier alpha value is -2.86. The van der Waals surface area contributed by atoms with Crippen molar-refractivity contribution in [2.24, 2.45) is 0 Å². The maximum absolute atomic E-state index is 12.7. The van der Waals surface area contributed by atoms with E-state index in [1.165, 1.54) is 12.3 Å². The molecule has 2 N–H and O–H groups in total. The molecule has 0 saturated carbocycles. The molecule has 0 aliphatic carbocycles. The average Bonchev–Trinajstić information content (AvgIpc) is 3.20. The number of likely N-dealkylation sites (tertiary alicyclic amines) is 1. The fraction of sp³-hybridized carbons (Fsp3) is 0.250. The lowest BCUT2D eigenvalue weighted by molar-refractivity contribution is 0.0710. The van der Waals surface area contributed by atoms with Crippen LogP contribution in [0, 0.1) is 0 Å². The number of piperidine rings is 1. The molecule has 7 heteroatoms. The molecule has 4 rings (SSSR count). The van der Waals surface area contributed by atoms with Crippen LogP contribution in [0.3, 0.4) is 0 Å². The molecule has 138 valence electrons. The summed E-state index contributed by atoms with van der Waals surface area (Å²) in [4.78, 5) is 28.8. The number of hydrogen-bond acceptors (Lipinski definition) is 3. The Bertz CT molecular complexity index is 1000. The maximum Gasteiger partial charge on any atom is 0.260 e. The van der Waals surface area contributed by atoms with Gasteiger partial charge in [-0.25, -0.2) is 0 Å². The third-order valence-electron chi connectivity index (χ3n) is 5.04. The second-order valence-electron chi connectivity index (χ2n) is 6.69. The summed E-state index contributed by atoms with van der Waals surface area (Å²) in [6.07, 6.45) is 4.86. The van der Waals surface area contributed by atoms with Crippen molar-refractivity contribution in [2.75, 3.05) is 13.1 Å². The smallest absolute Gasteiger partial charge is 0.260 e. The minimum Gasteiger partial charge on any atom is -0.338 e. The molecule has 1 saturated heterocycles. The van der Waals surface area contributed by atoms with E-state index in [4.69, 9.17) is 11.6 Å². The van der Waals surface area contributed by atoms with Crippen molar-refractivity contribution < 1.29 is 4.79 Å². The lowest BCUT2D eigenvalue weighted by Crippen LogP contribution is -2.40. The van der Waals surface area contributed by atoms with Gasteiger partial charge >= 0.3 is 0 Å². The molecule has 0 unspecified atom stereocenters. The molecule has 1 aliphatic heterocycles. The van der Waals surface area contributed by atoms with Crippen LogP contribution in [0.25, 0.3) is 11.1 Å². The van der Waals surface area contributed by atoms with Gasteiger partial charge in [-0.05, 0) is 24.5 Å². The number of nitrogens with zero attached hydrogens (tertiary/aromatic N) is 2. The van der Waals surface area contributed by atoms with E-state index < -0.39 is 5.56 Å². The van der Waals surface area contributed by atoms with Crippen molar-refractivity contribution in [3.63, 3.8) is 0 Å². The first kappa shape index (κ1) is 17.5. The van der Waals surface area contributed by atoms with Crippen LogP contribution < -0.4 is 5.56 Å². The van der Waals surface area contributed by atoms with Crippen molar-refractivity contribution in [1.29, 1.82) is 0 Å². The van der Waals surface area contributed by atoms with Crippen molar-refractivity contribution in [3.05, 3.63) is 75.4 Å². The van der Waals surface area contributed by atoms with Gasteiger partial charge in [0.05, 0.1) is 11.2 Å². The summed E-state index contributed by atoms with van der Waals surface area (Å²) in [7, 11) is 0. The SMILES string of the molecule is O=C(c1cc(Cl)c[nH]c1=O)N1CCC(c2[nH]ncc2-c2ccccc2)CC1. The van der Waals surface area contributed by atoms with Crippen molar-refractivity contribution in [3.8, 4) is 11.1 Å². The Morgan fingerprint density at radius 1 is 1.19 bits per heavy atom. The highest BCUT2D eigenvalue weighted by atomic mass is 35.5. The molecule has 0 bridgehead atoms. The molecular formula is C20H19ClN4O2. The quantitative estimate of drug-likeness (QED) is 0.728. The van der Waals surface area contributed by atoms with Crippen LogP contribution in [0.15, 0.2) is 53.6 Å². The van der Waals surface area contributed by atoms with Gasteiger partial charge in [0.2, 0.25) is 0 Å². The molecule has 1 aromatic carbocycles. The number of aromatic amines is 2. The number of amides is 1. The second-order valence-corrected chi connectivity index (χ2v) is 7.13. The van der Waals surface area contributed by atoms with E-state index in [1.807, 2.05) is 24.4 Å². The van der Waals surface area contributed by atoms with Gasteiger partial charge in [0.25, 0.3) is 11.5 Å². The highest BCUT2D eigenvalue weighted by Crippen LogP contribution is 2.34. The first-order valence-electron chi connectivity index (χ1n) is 8.89. The van der Waals surface area contributed by atoms with Gasteiger partial charge in [-0.3, -0.25) is 14.7 Å². The molecule has 1 aliphatic rings. The van der Waals surface area contributed by atoms with E-state index in [9.17, 15) is 9.59 Å². The number of hydrogen-bond donors (Lipinski definition) is 2. The van der Waals surface area contributed by atoms with Gasteiger partial charge in [0.1, 0.15) is 5.56 Å². The summed E-state index contributed by atoms with van der Waals surface area (Å²) < 4.78 is 0. The molecular weight excluding hydrogens is 364 g/mol. The summed E-state index contributed by atoms with van der Waals surface area (Å²) in [5, 5.41) is 7.72. The molecule has 3 aromatic rings. The second kappa shape index (κ2) is 7.40. The fourth-order valence-corrected chi connectivity index (χ4v) is 3.78. The predicted octanol–water partition coefficient (Wildman–Crippen LogP) is 3.44. The van der Waals surface area contributed by atoms with E-state index in [-0.39, 0.29) is 11.5 Å². The van der Waals surface area contributed by atoms with Crippen molar-refractivity contribution in [2.45, 2.75) is 18.8 Å². The fourth-order valence-electron chi connectivity index (χ4n) is 3.61. The van der Waals surface area contributed by atoms with Crippen molar-refractivity contribution in [1.82, 2.24) is 20.1 Å². The largest absolute Gasteiger partial charge is 0.338 e. The number of carbonyl (C=O) groups is 1. The zero-order valence-electron chi connectivity index (χ0n) is 14.6. The molecule has 0 atom stereocenters. The third-order valence-corrected chi connectivity index (χ3v) is 5.26. The Morgan fingerprint density at radius 3 is 2.67 bits per heavy atom. The number of rotatable bonds is 3.